The second kappa shape index (κ2) is 11.2. The summed E-state index contributed by atoms with van der Waals surface area (Å²) in [6, 6.07) is 25.5. The number of carbonyl (C=O) groups is 1. The molecule has 1 amide bonds. The Kier molecular flexibility index (Phi) is 7.59. The average molecular weight is 532 g/mol. The van der Waals surface area contributed by atoms with Crippen LogP contribution in [-0.2, 0) is 11.4 Å². The summed E-state index contributed by atoms with van der Waals surface area (Å²) in [7, 11) is 0. The van der Waals surface area contributed by atoms with Crippen LogP contribution in [0, 0.1) is 11.3 Å². The van der Waals surface area contributed by atoms with Crippen LogP contribution in [0.3, 0.4) is 0 Å². The highest BCUT2D eigenvalue weighted by Crippen LogP contribution is 2.44. The van der Waals surface area contributed by atoms with Gasteiger partial charge < -0.3 is 14.4 Å². The summed E-state index contributed by atoms with van der Waals surface area (Å²) in [5.74, 6) is 1.87. The van der Waals surface area contributed by atoms with Gasteiger partial charge in [0.2, 0.25) is 5.91 Å². The van der Waals surface area contributed by atoms with Gasteiger partial charge in [-0.2, -0.15) is 5.26 Å². The zero-order valence-electron chi connectivity index (χ0n) is 20.4. The quantitative estimate of drug-likeness (QED) is 0.345. The number of halogens is 1. The van der Waals surface area contributed by atoms with E-state index in [2.05, 4.69) is 11.0 Å². The highest BCUT2D eigenvalue weighted by atomic mass is 35.5. The first-order chi connectivity index (χ1) is 18.1. The monoisotopic (exact) mass is 531 g/mol. The first-order valence-electron chi connectivity index (χ1n) is 12.1. The summed E-state index contributed by atoms with van der Waals surface area (Å²) in [5, 5.41) is 11.5. The van der Waals surface area contributed by atoms with Crippen LogP contribution in [0.5, 0.6) is 11.5 Å². The van der Waals surface area contributed by atoms with Gasteiger partial charge in [-0.25, -0.2) is 0 Å². The number of nitrogens with zero attached hydrogens (tertiary/aromatic N) is 3. The van der Waals surface area contributed by atoms with Gasteiger partial charge in [0.1, 0.15) is 18.1 Å². The van der Waals surface area contributed by atoms with Gasteiger partial charge in [-0.05, 0) is 54.4 Å². The van der Waals surface area contributed by atoms with Gasteiger partial charge >= 0.3 is 0 Å². The Morgan fingerprint density at radius 1 is 1.05 bits per heavy atom. The van der Waals surface area contributed by atoms with Gasteiger partial charge in [0.05, 0.1) is 41.5 Å². The Morgan fingerprint density at radius 2 is 1.81 bits per heavy atom. The normalized spacial score (nSPS) is 17.3. The van der Waals surface area contributed by atoms with E-state index in [0.29, 0.717) is 36.4 Å². The first kappa shape index (κ1) is 25.1. The second-order valence-electron chi connectivity index (χ2n) is 8.75. The molecule has 0 bridgehead atoms. The largest absolute Gasteiger partial charge is 0.492 e. The van der Waals surface area contributed by atoms with Crippen molar-refractivity contribution in [2.75, 3.05) is 24.1 Å². The van der Waals surface area contributed by atoms with Crippen molar-refractivity contribution in [3.8, 4) is 17.6 Å². The summed E-state index contributed by atoms with van der Waals surface area (Å²) in [4.78, 5) is 17.1. The molecular formula is C29H26ClN3O3S. The number of fused-ring (bicyclic) bond motifs is 1. The zero-order chi connectivity index (χ0) is 25.8. The molecule has 1 atom stereocenters. The number of hydrogen-bond acceptors (Lipinski definition) is 6. The number of para-hydroxylation sites is 2. The Balaban J connectivity index is 1.32. The molecule has 0 unspecified atom stereocenters. The number of thioether (sulfide) groups is 1. The molecule has 37 heavy (non-hydrogen) atoms. The van der Waals surface area contributed by atoms with E-state index < -0.39 is 0 Å². The molecule has 0 saturated carbocycles. The maximum Gasteiger partial charge on any atom is 0.229 e. The molecule has 8 heteroatoms. The van der Waals surface area contributed by atoms with E-state index in [0.717, 1.165) is 33.3 Å². The van der Waals surface area contributed by atoms with Crippen molar-refractivity contribution in [1.29, 1.82) is 5.26 Å². The fourth-order valence-corrected chi connectivity index (χ4v) is 5.82. The Morgan fingerprint density at radius 3 is 2.54 bits per heavy atom. The molecule has 0 spiro atoms. The van der Waals surface area contributed by atoms with Gasteiger partial charge in [0, 0.05) is 17.4 Å². The van der Waals surface area contributed by atoms with Gasteiger partial charge in [-0.3, -0.25) is 9.69 Å². The van der Waals surface area contributed by atoms with E-state index in [1.165, 1.54) is 11.8 Å². The lowest BCUT2D eigenvalue weighted by molar-refractivity contribution is -0.129. The van der Waals surface area contributed by atoms with Gasteiger partial charge in [0.25, 0.3) is 0 Å². The van der Waals surface area contributed by atoms with Crippen molar-refractivity contribution in [1.82, 2.24) is 4.90 Å². The smallest absolute Gasteiger partial charge is 0.229 e. The number of allylic oxidation sites excluding steroid dienone is 1. The predicted octanol–water partition coefficient (Wildman–Crippen LogP) is 6.54. The number of nitriles is 1. The molecule has 0 N–H and O–H groups in total. The summed E-state index contributed by atoms with van der Waals surface area (Å²) >= 11 is 7.47. The van der Waals surface area contributed by atoms with Crippen molar-refractivity contribution in [3.63, 3.8) is 0 Å². The number of ether oxygens (including phenoxy) is 2. The lowest BCUT2D eigenvalue weighted by atomic mass is 9.86. The summed E-state index contributed by atoms with van der Waals surface area (Å²) in [6.45, 7) is 3.34. The molecule has 188 valence electrons. The standard InChI is InChI=1S/C29H26ClN3O3S/c1-2-35-27-6-4-3-5-26(27)32-18-33-28(34)15-24(25(16-31)29(33)37-19-32)21-9-13-23(14-10-21)36-17-20-7-11-22(30)12-8-20/h3-14,24H,2,15,17-19H2,1H3/t24-/m1/s1. The van der Waals surface area contributed by atoms with Crippen LogP contribution >= 0.6 is 23.4 Å². The third kappa shape index (κ3) is 5.41. The number of hydrogen-bond donors (Lipinski definition) is 0. The van der Waals surface area contributed by atoms with Crippen LogP contribution in [-0.4, -0.2) is 30.0 Å². The molecule has 3 aromatic carbocycles. The van der Waals surface area contributed by atoms with E-state index in [4.69, 9.17) is 21.1 Å². The molecule has 3 aromatic rings. The number of rotatable bonds is 7. The van der Waals surface area contributed by atoms with Gasteiger partial charge in [-0.15, -0.1) is 0 Å². The topological polar surface area (TPSA) is 65.8 Å². The zero-order valence-corrected chi connectivity index (χ0v) is 22.0. The third-order valence-electron chi connectivity index (χ3n) is 6.40. The SMILES string of the molecule is CCOc1ccccc1N1CSC2=C(C#N)[C@@H](c3ccc(OCc4ccc(Cl)cc4)cc3)CC(=O)N2C1. The first-order valence-corrected chi connectivity index (χ1v) is 13.4. The van der Waals surface area contributed by atoms with Crippen LogP contribution in [0.15, 0.2) is 83.4 Å². The Labute approximate surface area is 226 Å². The van der Waals surface area contributed by atoms with Crippen LogP contribution in [0.1, 0.15) is 30.4 Å². The van der Waals surface area contributed by atoms with Crippen LogP contribution in [0.25, 0.3) is 0 Å². The molecule has 2 aliphatic heterocycles. The molecule has 2 aliphatic rings. The molecule has 1 fully saturated rings. The lowest BCUT2D eigenvalue weighted by Gasteiger charge is -2.42. The highest BCUT2D eigenvalue weighted by Gasteiger charge is 2.38. The third-order valence-corrected chi connectivity index (χ3v) is 7.81. The number of benzene rings is 3. The van der Waals surface area contributed by atoms with Crippen molar-refractivity contribution in [3.05, 3.63) is 99.5 Å². The Hall–Kier alpha value is -3.60. The lowest BCUT2D eigenvalue weighted by Crippen LogP contribution is -2.47. The van der Waals surface area contributed by atoms with Gasteiger partial charge in [0.15, 0.2) is 0 Å². The predicted molar refractivity (Wildman–Crippen MR) is 146 cm³/mol. The van der Waals surface area contributed by atoms with Crippen molar-refractivity contribution < 1.29 is 14.3 Å². The van der Waals surface area contributed by atoms with E-state index in [-0.39, 0.29) is 18.2 Å². The highest BCUT2D eigenvalue weighted by molar-refractivity contribution is 8.03. The van der Waals surface area contributed by atoms with Crippen molar-refractivity contribution >= 4 is 35.0 Å². The molecule has 0 aliphatic carbocycles. The summed E-state index contributed by atoms with van der Waals surface area (Å²) in [6.07, 6.45) is 0.249. The number of anilines is 1. The molecule has 2 heterocycles. The Bertz CT molecular complexity index is 1350. The molecule has 5 rings (SSSR count). The molecule has 6 nitrogen and oxygen atoms in total. The number of amides is 1. The van der Waals surface area contributed by atoms with Crippen molar-refractivity contribution in [2.24, 2.45) is 0 Å². The van der Waals surface area contributed by atoms with E-state index in [1.807, 2.05) is 79.7 Å². The maximum absolute atomic E-state index is 13.3. The minimum Gasteiger partial charge on any atom is -0.492 e. The molecule has 0 radical (unpaired) electrons. The second-order valence-corrected chi connectivity index (χ2v) is 10.1. The molecule has 0 aromatic heterocycles. The molecule has 1 saturated heterocycles. The van der Waals surface area contributed by atoms with E-state index in [9.17, 15) is 10.1 Å². The van der Waals surface area contributed by atoms with E-state index in [1.54, 1.807) is 4.90 Å². The van der Waals surface area contributed by atoms with Crippen LogP contribution in [0.2, 0.25) is 5.02 Å². The summed E-state index contributed by atoms with van der Waals surface area (Å²) in [5.41, 5.74) is 3.53. The fraction of sp³-hybridized carbons (Fsp3) is 0.241. The minimum atomic E-state index is -0.274. The maximum atomic E-state index is 13.3. The van der Waals surface area contributed by atoms with Crippen LogP contribution < -0.4 is 14.4 Å². The molecular weight excluding hydrogens is 506 g/mol. The summed E-state index contributed by atoms with van der Waals surface area (Å²) < 4.78 is 11.7. The minimum absolute atomic E-state index is 0.00755. The van der Waals surface area contributed by atoms with Gasteiger partial charge in [-0.1, -0.05) is 59.8 Å². The fourth-order valence-electron chi connectivity index (χ4n) is 4.54. The van der Waals surface area contributed by atoms with Crippen molar-refractivity contribution in [2.45, 2.75) is 25.9 Å². The number of carbonyl (C=O) groups excluding carboxylic acids is 1. The average Bonchev–Trinajstić information content (AvgIpc) is 2.93. The van der Waals surface area contributed by atoms with E-state index >= 15 is 0 Å². The van der Waals surface area contributed by atoms with Crippen LogP contribution in [0.4, 0.5) is 5.69 Å².